The van der Waals surface area contributed by atoms with Crippen molar-refractivity contribution in [1.29, 1.82) is 0 Å². The molecule has 0 aromatic heterocycles. The van der Waals surface area contributed by atoms with E-state index in [-0.39, 0.29) is 11.0 Å². The van der Waals surface area contributed by atoms with Crippen molar-refractivity contribution in [2.75, 3.05) is 0 Å². The molecule has 0 atom stereocenters. The summed E-state index contributed by atoms with van der Waals surface area (Å²) in [5.74, 6) is 0. The van der Waals surface area contributed by atoms with E-state index in [4.69, 9.17) is 35.7 Å². The van der Waals surface area contributed by atoms with Crippen LogP contribution in [0.15, 0.2) is 0 Å². The molecule has 0 aromatic carbocycles. The van der Waals surface area contributed by atoms with Gasteiger partial charge in [-0.25, -0.2) is 0 Å². The molecule has 0 heterocycles. The third-order valence-corrected chi connectivity index (χ3v) is 0.354. The molecule has 0 amide bonds. The minimum absolute atomic E-state index is 0. The Hall–Kier alpha value is 1.88. The fourth-order valence-electron chi connectivity index (χ4n) is 0. The number of hydrogen-bond donors (Lipinski definition) is 0. The van der Waals surface area contributed by atoms with E-state index in [1.807, 2.05) is 0 Å². The van der Waals surface area contributed by atoms with Crippen LogP contribution in [0.5, 0.6) is 0 Å². The molecule has 0 saturated carbocycles. The van der Waals surface area contributed by atoms with Crippen molar-refractivity contribution in [2.24, 2.45) is 0 Å². The quantitative estimate of drug-likeness (QED) is 0.650. The topological polar surface area (TPSA) is 63.0 Å². The molecular formula is C4H13Cl4O2Sn. The van der Waals surface area contributed by atoms with E-state index in [2.05, 4.69) is 13.8 Å². The van der Waals surface area contributed by atoms with E-state index in [1.165, 1.54) is 6.42 Å². The zero-order chi connectivity index (χ0) is 7.91. The molecule has 2 nitrogen and oxygen atoms in total. The van der Waals surface area contributed by atoms with Crippen molar-refractivity contribution < 1.29 is 11.0 Å². The van der Waals surface area contributed by atoms with Gasteiger partial charge in [-0.1, -0.05) is 26.7 Å². The second-order valence-corrected chi connectivity index (χ2v) is 26.7. The molecule has 0 fully saturated rings. The van der Waals surface area contributed by atoms with Crippen molar-refractivity contribution in [3.8, 4) is 0 Å². The molecule has 0 saturated heterocycles. The Bertz CT molecular complexity index is 50.5. The number of unbranched alkanes of at least 4 members (excludes halogenated alkanes) is 1. The monoisotopic (exact) mass is 353 g/mol. The first kappa shape index (κ1) is 23.1. The SMILES string of the molecule is O.O.[CH2]CCC.[Cl][Sn]([Cl])([Cl])[Cl]. The van der Waals surface area contributed by atoms with Gasteiger partial charge in [0.2, 0.25) is 0 Å². The fourth-order valence-corrected chi connectivity index (χ4v) is 0. The summed E-state index contributed by atoms with van der Waals surface area (Å²) in [7, 11) is 20.1. The van der Waals surface area contributed by atoms with E-state index in [1.54, 1.807) is 0 Å². The molecule has 0 aliphatic carbocycles. The molecule has 11 heavy (non-hydrogen) atoms. The Kier molecular flexibility index (Phi) is 30.2. The van der Waals surface area contributed by atoms with Crippen LogP contribution in [0.2, 0.25) is 0 Å². The van der Waals surface area contributed by atoms with Gasteiger partial charge in [0.15, 0.2) is 0 Å². The third-order valence-electron chi connectivity index (χ3n) is 0.354. The van der Waals surface area contributed by atoms with Crippen molar-refractivity contribution >= 4 is 49.6 Å². The van der Waals surface area contributed by atoms with Crippen LogP contribution < -0.4 is 0 Å². The maximum atomic E-state index is 5.04. The van der Waals surface area contributed by atoms with Crippen molar-refractivity contribution in [3.05, 3.63) is 6.92 Å². The fraction of sp³-hybridized carbons (Fsp3) is 0.750. The van der Waals surface area contributed by atoms with Crippen molar-refractivity contribution in [3.63, 3.8) is 0 Å². The standard InChI is InChI=1S/C4H9.4ClH.2H2O.Sn/c1-3-4-2;;;;;;;/h1,3-4H2,2H3;4*1H;2*1H2;/q;;;;;;;+4/p-4. The molecule has 0 spiro atoms. The molecule has 0 rings (SSSR count). The molecule has 1 radical (unpaired) electrons. The predicted octanol–water partition coefficient (Wildman–Crippen LogP) is 2.35. The molecule has 73 valence electrons. The number of halogens is 4. The Morgan fingerprint density at radius 2 is 1.18 bits per heavy atom. The zero-order valence-corrected chi connectivity index (χ0v) is 12.0. The van der Waals surface area contributed by atoms with Gasteiger partial charge in [0.05, 0.1) is 0 Å². The summed E-state index contributed by atoms with van der Waals surface area (Å²) in [6.45, 7) is 5.72. The molecule has 0 aliphatic rings. The van der Waals surface area contributed by atoms with Crippen LogP contribution in [0, 0.1) is 6.92 Å². The van der Waals surface area contributed by atoms with Gasteiger partial charge in [0, 0.05) is 0 Å². The van der Waals surface area contributed by atoms with Crippen molar-refractivity contribution in [1.82, 2.24) is 0 Å². The molecule has 0 aromatic rings. The molecule has 0 aliphatic heterocycles. The van der Waals surface area contributed by atoms with E-state index < -0.39 is 13.9 Å². The van der Waals surface area contributed by atoms with Gasteiger partial charge in [0.25, 0.3) is 0 Å². The number of hydrogen-bond acceptors (Lipinski definition) is 0. The van der Waals surface area contributed by atoms with Crippen LogP contribution in [0.1, 0.15) is 19.8 Å². The molecule has 0 bridgehead atoms. The van der Waals surface area contributed by atoms with E-state index in [0.717, 1.165) is 6.42 Å². The summed E-state index contributed by atoms with van der Waals surface area (Å²) in [5, 5.41) is 0. The summed E-state index contributed by atoms with van der Waals surface area (Å²) >= 11 is -3.29. The zero-order valence-electron chi connectivity index (χ0n) is 6.13. The Morgan fingerprint density at radius 1 is 1.09 bits per heavy atom. The average molecular weight is 354 g/mol. The molecule has 7 heteroatoms. The van der Waals surface area contributed by atoms with Crippen LogP contribution >= 0.6 is 35.7 Å². The minimum atomic E-state index is -3.29. The maximum absolute atomic E-state index is 5.04. The van der Waals surface area contributed by atoms with Crippen molar-refractivity contribution in [2.45, 2.75) is 19.8 Å². The first-order chi connectivity index (χ1) is 3.91. The Labute approximate surface area is 86.5 Å². The summed E-state index contributed by atoms with van der Waals surface area (Å²) in [6.07, 6.45) is 2.28. The normalized spacial score (nSPS) is 8.18. The van der Waals surface area contributed by atoms with E-state index in [0.29, 0.717) is 0 Å². The van der Waals surface area contributed by atoms with E-state index >= 15 is 0 Å². The predicted molar refractivity (Wildman–Crippen MR) is 56.7 cm³/mol. The molecule has 4 N–H and O–H groups in total. The van der Waals surface area contributed by atoms with Crippen LogP contribution in [-0.2, 0) is 0 Å². The van der Waals surface area contributed by atoms with Gasteiger partial charge in [-0.2, -0.15) is 0 Å². The van der Waals surface area contributed by atoms with Crippen LogP contribution in [-0.4, -0.2) is 24.8 Å². The van der Waals surface area contributed by atoms with Gasteiger partial charge in [-0.15, -0.1) is 0 Å². The molecular weight excluding hydrogens is 341 g/mol. The van der Waals surface area contributed by atoms with Gasteiger partial charge in [-0.3, -0.25) is 0 Å². The Morgan fingerprint density at radius 3 is 1.18 bits per heavy atom. The van der Waals surface area contributed by atoms with Gasteiger partial charge >= 0.3 is 49.6 Å². The summed E-state index contributed by atoms with van der Waals surface area (Å²) in [4.78, 5) is 0. The van der Waals surface area contributed by atoms with Crippen LogP contribution in [0.3, 0.4) is 0 Å². The first-order valence-corrected chi connectivity index (χ1v) is 16.9. The van der Waals surface area contributed by atoms with Gasteiger partial charge in [-0.05, 0) is 0 Å². The first-order valence-electron chi connectivity index (χ1n) is 2.46. The average Bonchev–Trinajstić information content (AvgIpc) is 1.61. The van der Waals surface area contributed by atoms with Crippen LogP contribution in [0.4, 0.5) is 0 Å². The van der Waals surface area contributed by atoms with Gasteiger partial charge in [0.1, 0.15) is 0 Å². The Balaban J connectivity index is -0.0000000383. The van der Waals surface area contributed by atoms with Crippen LogP contribution in [0.25, 0.3) is 0 Å². The summed E-state index contributed by atoms with van der Waals surface area (Å²) in [6, 6.07) is 0. The summed E-state index contributed by atoms with van der Waals surface area (Å²) in [5.41, 5.74) is 0. The summed E-state index contributed by atoms with van der Waals surface area (Å²) < 4.78 is 0. The second kappa shape index (κ2) is 14.4. The second-order valence-electron chi connectivity index (χ2n) is 1.28. The molecule has 0 unspecified atom stereocenters. The van der Waals surface area contributed by atoms with Gasteiger partial charge < -0.3 is 11.0 Å². The number of rotatable bonds is 1. The third kappa shape index (κ3) is 140. The van der Waals surface area contributed by atoms with E-state index in [9.17, 15) is 0 Å².